The third-order valence-corrected chi connectivity index (χ3v) is 3.92. The molecule has 0 bridgehead atoms. The van der Waals surface area contributed by atoms with Crippen molar-refractivity contribution in [2.24, 2.45) is 0 Å². The largest absolute Gasteiger partial charge is 0.309 e. The molecule has 100 valence electrons. The van der Waals surface area contributed by atoms with E-state index < -0.39 is 0 Å². The van der Waals surface area contributed by atoms with E-state index in [0.717, 1.165) is 0 Å². The van der Waals surface area contributed by atoms with Crippen LogP contribution in [-0.4, -0.2) is 7.05 Å². The van der Waals surface area contributed by atoms with Gasteiger partial charge < -0.3 is 5.32 Å². The Labute approximate surface area is 120 Å². The lowest BCUT2D eigenvalue weighted by Gasteiger charge is -2.21. The van der Waals surface area contributed by atoms with Crippen molar-refractivity contribution in [2.75, 3.05) is 7.05 Å². The highest BCUT2D eigenvalue weighted by molar-refractivity contribution is 5.86. The minimum Gasteiger partial charge on any atom is -0.309 e. The van der Waals surface area contributed by atoms with Crippen LogP contribution in [0.3, 0.4) is 0 Å². The molecule has 1 unspecified atom stereocenters. The maximum atomic E-state index is 3.47. The van der Waals surface area contributed by atoms with Crippen LogP contribution in [0.25, 0.3) is 10.8 Å². The average Bonchev–Trinajstić information content (AvgIpc) is 2.50. The summed E-state index contributed by atoms with van der Waals surface area (Å²) in [6.45, 7) is 2.17. The molecule has 0 saturated carbocycles. The summed E-state index contributed by atoms with van der Waals surface area (Å²) >= 11 is 0. The Kier molecular flexibility index (Phi) is 3.53. The highest BCUT2D eigenvalue weighted by Gasteiger charge is 2.15. The van der Waals surface area contributed by atoms with Crippen LogP contribution in [-0.2, 0) is 0 Å². The molecule has 0 amide bonds. The zero-order chi connectivity index (χ0) is 13.9. The SMILES string of the molecule is CNC(c1ccccc1C)c1cccc2ccccc12. The molecular weight excluding hydrogens is 242 g/mol. The Morgan fingerprint density at radius 2 is 1.40 bits per heavy atom. The van der Waals surface area contributed by atoms with Crippen LogP contribution in [0.1, 0.15) is 22.7 Å². The topological polar surface area (TPSA) is 12.0 Å². The zero-order valence-corrected chi connectivity index (χ0v) is 11.9. The number of aryl methyl sites for hydroxylation is 1. The Morgan fingerprint density at radius 3 is 2.20 bits per heavy atom. The number of rotatable bonds is 3. The van der Waals surface area contributed by atoms with Crippen molar-refractivity contribution in [3.8, 4) is 0 Å². The van der Waals surface area contributed by atoms with Crippen LogP contribution < -0.4 is 5.32 Å². The van der Waals surface area contributed by atoms with Gasteiger partial charge in [-0.25, -0.2) is 0 Å². The monoisotopic (exact) mass is 261 g/mol. The lowest BCUT2D eigenvalue weighted by molar-refractivity contribution is 0.692. The van der Waals surface area contributed by atoms with Crippen molar-refractivity contribution >= 4 is 10.8 Å². The van der Waals surface area contributed by atoms with Crippen molar-refractivity contribution in [1.29, 1.82) is 0 Å². The highest BCUT2D eigenvalue weighted by atomic mass is 14.9. The summed E-state index contributed by atoms with van der Waals surface area (Å²) in [6, 6.07) is 23.9. The summed E-state index contributed by atoms with van der Waals surface area (Å²) in [7, 11) is 2.03. The molecule has 0 saturated heterocycles. The molecule has 0 heterocycles. The minimum atomic E-state index is 0.224. The second kappa shape index (κ2) is 5.48. The van der Waals surface area contributed by atoms with E-state index in [1.807, 2.05) is 7.05 Å². The van der Waals surface area contributed by atoms with Gasteiger partial charge in [0.25, 0.3) is 0 Å². The number of fused-ring (bicyclic) bond motifs is 1. The van der Waals surface area contributed by atoms with Crippen molar-refractivity contribution in [2.45, 2.75) is 13.0 Å². The molecule has 0 spiro atoms. The number of hydrogen-bond donors (Lipinski definition) is 1. The fourth-order valence-corrected chi connectivity index (χ4v) is 2.89. The summed E-state index contributed by atoms with van der Waals surface area (Å²) in [5, 5.41) is 6.08. The van der Waals surface area contributed by atoms with E-state index in [4.69, 9.17) is 0 Å². The lowest BCUT2D eigenvalue weighted by atomic mass is 9.91. The first-order chi connectivity index (χ1) is 9.81. The van der Waals surface area contributed by atoms with Gasteiger partial charge in [-0.15, -0.1) is 0 Å². The Morgan fingerprint density at radius 1 is 0.750 bits per heavy atom. The van der Waals surface area contributed by atoms with Gasteiger partial charge in [0.15, 0.2) is 0 Å². The first-order valence-corrected chi connectivity index (χ1v) is 7.01. The second-order valence-corrected chi connectivity index (χ2v) is 5.15. The van der Waals surface area contributed by atoms with E-state index >= 15 is 0 Å². The standard InChI is InChI=1S/C19H19N/c1-14-8-3-5-11-16(14)19(20-2)18-13-7-10-15-9-4-6-12-17(15)18/h3-13,19-20H,1-2H3. The normalized spacial score (nSPS) is 12.5. The van der Waals surface area contributed by atoms with Crippen LogP contribution in [0.15, 0.2) is 66.7 Å². The van der Waals surface area contributed by atoms with Gasteiger partial charge in [0.1, 0.15) is 0 Å². The molecule has 0 aliphatic heterocycles. The van der Waals surface area contributed by atoms with Gasteiger partial charge in [-0.2, -0.15) is 0 Å². The van der Waals surface area contributed by atoms with Gasteiger partial charge in [0, 0.05) is 0 Å². The number of benzene rings is 3. The second-order valence-electron chi connectivity index (χ2n) is 5.15. The average molecular weight is 261 g/mol. The lowest BCUT2D eigenvalue weighted by Crippen LogP contribution is -2.18. The highest BCUT2D eigenvalue weighted by Crippen LogP contribution is 2.30. The minimum absolute atomic E-state index is 0.224. The number of hydrogen-bond acceptors (Lipinski definition) is 1. The molecule has 0 aliphatic rings. The van der Waals surface area contributed by atoms with E-state index in [1.165, 1.54) is 27.5 Å². The third kappa shape index (κ3) is 2.21. The molecule has 0 aliphatic carbocycles. The predicted molar refractivity (Wildman–Crippen MR) is 86.0 cm³/mol. The third-order valence-electron chi connectivity index (χ3n) is 3.92. The van der Waals surface area contributed by atoms with Gasteiger partial charge in [-0.1, -0.05) is 66.7 Å². The van der Waals surface area contributed by atoms with E-state index in [9.17, 15) is 0 Å². The van der Waals surface area contributed by atoms with Crippen molar-refractivity contribution < 1.29 is 0 Å². The quantitative estimate of drug-likeness (QED) is 0.734. The summed E-state index contributed by atoms with van der Waals surface area (Å²) in [6.07, 6.45) is 0. The Balaban J connectivity index is 2.20. The van der Waals surface area contributed by atoms with Gasteiger partial charge in [-0.05, 0) is 41.4 Å². The molecule has 1 heteroatoms. The van der Waals surface area contributed by atoms with Crippen molar-refractivity contribution in [1.82, 2.24) is 5.32 Å². The van der Waals surface area contributed by atoms with Gasteiger partial charge >= 0.3 is 0 Å². The predicted octanol–water partition coefficient (Wildman–Crippen LogP) is 4.46. The molecule has 0 aromatic heterocycles. The van der Waals surface area contributed by atoms with Crippen LogP contribution in [0, 0.1) is 6.92 Å². The molecular formula is C19H19N. The Bertz CT molecular complexity index is 725. The fourth-order valence-electron chi connectivity index (χ4n) is 2.89. The first kappa shape index (κ1) is 12.9. The number of nitrogens with one attached hydrogen (secondary N) is 1. The molecule has 0 fully saturated rings. The van der Waals surface area contributed by atoms with Gasteiger partial charge in [0.05, 0.1) is 6.04 Å². The summed E-state index contributed by atoms with van der Waals surface area (Å²) < 4.78 is 0. The van der Waals surface area contributed by atoms with Crippen LogP contribution in [0.4, 0.5) is 0 Å². The fraction of sp³-hybridized carbons (Fsp3) is 0.158. The van der Waals surface area contributed by atoms with Gasteiger partial charge in [0.2, 0.25) is 0 Å². The maximum absolute atomic E-state index is 3.47. The summed E-state index contributed by atoms with van der Waals surface area (Å²) in [5.74, 6) is 0. The maximum Gasteiger partial charge on any atom is 0.0583 e. The molecule has 1 atom stereocenters. The van der Waals surface area contributed by atoms with E-state index in [1.54, 1.807) is 0 Å². The zero-order valence-electron chi connectivity index (χ0n) is 11.9. The van der Waals surface area contributed by atoms with Crippen LogP contribution in [0.5, 0.6) is 0 Å². The van der Waals surface area contributed by atoms with Gasteiger partial charge in [-0.3, -0.25) is 0 Å². The molecule has 3 aromatic rings. The summed E-state index contributed by atoms with van der Waals surface area (Å²) in [5.41, 5.74) is 3.99. The van der Waals surface area contributed by atoms with Crippen LogP contribution >= 0.6 is 0 Å². The molecule has 3 rings (SSSR count). The smallest absolute Gasteiger partial charge is 0.0583 e. The molecule has 1 N–H and O–H groups in total. The molecule has 20 heavy (non-hydrogen) atoms. The van der Waals surface area contributed by atoms with E-state index in [-0.39, 0.29) is 6.04 Å². The molecule has 1 nitrogen and oxygen atoms in total. The molecule has 3 aromatic carbocycles. The first-order valence-electron chi connectivity index (χ1n) is 7.01. The summed E-state index contributed by atoms with van der Waals surface area (Å²) in [4.78, 5) is 0. The van der Waals surface area contributed by atoms with E-state index in [0.29, 0.717) is 0 Å². The molecule has 0 radical (unpaired) electrons. The van der Waals surface area contributed by atoms with Crippen LogP contribution in [0.2, 0.25) is 0 Å². The van der Waals surface area contributed by atoms with Crippen molar-refractivity contribution in [3.63, 3.8) is 0 Å². The Hall–Kier alpha value is -2.12. The van der Waals surface area contributed by atoms with Crippen molar-refractivity contribution in [3.05, 3.63) is 83.4 Å². The van der Waals surface area contributed by atoms with E-state index in [2.05, 4.69) is 79.0 Å².